The minimum atomic E-state index is -1.37. The number of hydrogen-bond acceptors (Lipinski definition) is 4. The second kappa shape index (κ2) is 9.24. The van der Waals surface area contributed by atoms with E-state index in [-0.39, 0.29) is 12.3 Å². The number of benzene rings is 3. The standard InChI is InChI=1S/C29H23NO4/c31-27(23-15-8-3-9-16-23)30-29(20-21-11-4-1-5-12-21)24(22-13-6-2-7-14-22)19-26(34-28(29)32)25-17-10-18-33-25/h1-19,24H,20H2,(H,30,31)/t24-,29+/m1/s1. The lowest BCUT2D eigenvalue weighted by Gasteiger charge is -2.41. The van der Waals surface area contributed by atoms with Crippen LogP contribution in [0.5, 0.6) is 0 Å². The molecule has 0 fully saturated rings. The minimum Gasteiger partial charge on any atom is -0.461 e. The van der Waals surface area contributed by atoms with Crippen LogP contribution in [-0.2, 0) is 16.0 Å². The van der Waals surface area contributed by atoms with Crippen molar-refractivity contribution in [1.82, 2.24) is 5.32 Å². The first-order valence-corrected chi connectivity index (χ1v) is 11.1. The van der Waals surface area contributed by atoms with E-state index in [2.05, 4.69) is 5.32 Å². The molecule has 1 amide bonds. The molecule has 34 heavy (non-hydrogen) atoms. The number of esters is 1. The van der Waals surface area contributed by atoms with Crippen molar-refractivity contribution < 1.29 is 18.7 Å². The first-order chi connectivity index (χ1) is 16.7. The van der Waals surface area contributed by atoms with Gasteiger partial charge in [0.15, 0.2) is 17.1 Å². The predicted octanol–water partition coefficient (Wildman–Crippen LogP) is 5.37. The Morgan fingerprint density at radius 2 is 1.47 bits per heavy atom. The van der Waals surface area contributed by atoms with E-state index in [9.17, 15) is 9.59 Å². The van der Waals surface area contributed by atoms with Crippen LogP contribution in [0, 0.1) is 0 Å². The first-order valence-electron chi connectivity index (χ1n) is 11.1. The smallest absolute Gasteiger partial charge is 0.338 e. The van der Waals surface area contributed by atoms with E-state index < -0.39 is 17.4 Å². The Labute approximate surface area is 197 Å². The van der Waals surface area contributed by atoms with Gasteiger partial charge >= 0.3 is 5.97 Å². The molecule has 0 bridgehead atoms. The number of cyclic esters (lactones) is 1. The minimum absolute atomic E-state index is 0.257. The third-order valence-corrected chi connectivity index (χ3v) is 6.04. The van der Waals surface area contributed by atoms with Crippen LogP contribution in [0.3, 0.4) is 0 Å². The number of furan rings is 1. The maximum Gasteiger partial charge on any atom is 0.338 e. The van der Waals surface area contributed by atoms with Gasteiger partial charge in [-0.25, -0.2) is 4.79 Å². The largest absolute Gasteiger partial charge is 0.461 e. The first kappa shape index (κ1) is 21.5. The second-order valence-electron chi connectivity index (χ2n) is 8.24. The van der Waals surface area contributed by atoms with E-state index in [1.807, 2.05) is 72.8 Å². The maximum atomic E-state index is 13.9. The fourth-order valence-electron chi connectivity index (χ4n) is 4.38. The lowest BCUT2D eigenvalue weighted by atomic mass is 9.73. The zero-order valence-corrected chi connectivity index (χ0v) is 18.4. The Balaban J connectivity index is 1.66. The van der Waals surface area contributed by atoms with Crippen LogP contribution in [-0.4, -0.2) is 17.4 Å². The number of carbonyl (C=O) groups is 2. The van der Waals surface area contributed by atoms with Gasteiger partial charge in [-0.05, 0) is 41.5 Å². The molecule has 0 saturated carbocycles. The Morgan fingerprint density at radius 1 is 0.824 bits per heavy atom. The quantitative estimate of drug-likeness (QED) is 0.402. The van der Waals surface area contributed by atoms with E-state index in [1.54, 1.807) is 36.4 Å². The van der Waals surface area contributed by atoms with Crippen molar-refractivity contribution in [2.75, 3.05) is 0 Å². The van der Waals surface area contributed by atoms with Crippen LogP contribution >= 0.6 is 0 Å². The van der Waals surface area contributed by atoms with Crippen LogP contribution in [0.4, 0.5) is 0 Å². The molecule has 1 N–H and O–H groups in total. The molecule has 2 heterocycles. The molecule has 4 aromatic rings. The Kier molecular flexibility index (Phi) is 5.83. The average Bonchev–Trinajstić information content (AvgIpc) is 3.42. The van der Waals surface area contributed by atoms with Gasteiger partial charge in [0.1, 0.15) is 0 Å². The molecule has 0 saturated heterocycles. The fraction of sp³-hybridized carbons (Fsp3) is 0.103. The van der Waals surface area contributed by atoms with Crippen molar-refractivity contribution in [3.05, 3.63) is 138 Å². The number of ether oxygens (including phenoxy) is 1. The molecule has 168 valence electrons. The third kappa shape index (κ3) is 4.16. The summed E-state index contributed by atoms with van der Waals surface area (Å²) in [6.45, 7) is 0. The summed E-state index contributed by atoms with van der Waals surface area (Å²) in [6.07, 6.45) is 3.65. The number of amides is 1. The van der Waals surface area contributed by atoms with Crippen molar-refractivity contribution >= 4 is 17.6 Å². The zero-order valence-electron chi connectivity index (χ0n) is 18.4. The molecule has 0 aliphatic carbocycles. The van der Waals surface area contributed by atoms with Gasteiger partial charge in [-0.3, -0.25) is 4.79 Å². The topological polar surface area (TPSA) is 68.5 Å². The molecule has 2 atom stereocenters. The molecule has 5 nitrogen and oxygen atoms in total. The van der Waals surface area contributed by atoms with Crippen molar-refractivity contribution in [2.24, 2.45) is 0 Å². The highest BCUT2D eigenvalue weighted by molar-refractivity contribution is 6.00. The van der Waals surface area contributed by atoms with Crippen LogP contribution in [0.1, 0.15) is 33.2 Å². The SMILES string of the molecule is O=C(N[C@]1(Cc2ccccc2)C(=O)OC(c2ccco2)=C[C@@H]1c1ccccc1)c1ccccc1. The Bertz CT molecular complexity index is 1300. The van der Waals surface area contributed by atoms with E-state index in [0.29, 0.717) is 17.1 Å². The summed E-state index contributed by atoms with van der Waals surface area (Å²) in [7, 11) is 0. The van der Waals surface area contributed by atoms with Gasteiger partial charge in [0.25, 0.3) is 5.91 Å². The lowest BCUT2D eigenvalue weighted by Crippen LogP contribution is -2.61. The molecule has 1 aromatic heterocycles. The number of nitrogens with one attached hydrogen (secondary N) is 1. The summed E-state index contributed by atoms with van der Waals surface area (Å²) in [6, 6.07) is 31.7. The van der Waals surface area contributed by atoms with E-state index in [4.69, 9.17) is 9.15 Å². The predicted molar refractivity (Wildman–Crippen MR) is 129 cm³/mol. The molecule has 1 aliphatic heterocycles. The lowest BCUT2D eigenvalue weighted by molar-refractivity contribution is -0.146. The van der Waals surface area contributed by atoms with Crippen LogP contribution in [0.25, 0.3) is 5.76 Å². The van der Waals surface area contributed by atoms with Crippen molar-refractivity contribution in [1.29, 1.82) is 0 Å². The molecule has 5 rings (SSSR count). The van der Waals surface area contributed by atoms with Crippen molar-refractivity contribution in [3.8, 4) is 0 Å². The molecule has 3 aromatic carbocycles. The molecule has 1 aliphatic rings. The molecular formula is C29H23NO4. The molecular weight excluding hydrogens is 426 g/mol. The second-order valence-corrected chi connectivity index (χ2v) is 8.24. The highest BCUT2D eigenvalue weighted by atomic mass is 16.5. The number of rotatable bonds is 6. The van der Waals surface area contributed by atoms with Crippen molar-refractivity contribution in [3.63, 3.8) is 0 Å². The summed E-state index contributed by atoms with van der Waals surface area (Å²) in [5.74, 6) is -0.589. The highest BCUT2D eigenvalue weighted by Crippen LogP contribution is 2.41. The Morgan fingerprint density at radius 3 is 2.12 bits per heavy atom. The Hall–Kier alpha value is -4.38. The van der Waals surface area contributed by atoms with Gasteiger partial charge in [-0.1, -0.05) is 78.9 Å². The van der Waals surface area contributed by atoms with Gasteiger partial charge in [-0.2, -0.15) is 0 Å². The van der Waals surface area contributed by atoms with E-state index in [0.717, 1.165) is 11.1 Å². The molecule has 0 radical (unpaired) electrons. The highest BCUT2D eigenvalue weighted by Gasteiger charge is 2.52. The summed E-state index contributed by atoms with van der Waals surface area (Å²) < 4.78 is 11.3. The van der Waals surface area contributed by atoms with Gasteiger partial charge < -0.3 is 14.5 Å². The third-order valence-electron chi connectivity index (χ3n) is 6.04. The van der Waals surface area contributed by atoms with Crippen LogP contribution < -0.4 is 5.32 Å². The van der Waals surface area contributed by atoms with Gasteiger partial charge in [0.05, 0.1) is 6.26 Å². The fourth-order valence-corrected chi connectivity index (χ4v) is 4.38. The maximum absolute atomic E-state index is 13.9. The summed E-state index contributed by atoms with van der Waals surface area (Å²) >= 11 is 0. The number of carbonyl (C=O) groups excluding carboxylic acids is 2. The van der Waals surface area contributed by atoms with E-state index in [1.165, 1.54) is 6.26 Å². The number of hydrogen-bond donors (Lipinski definition) is 1. The van der Waals surface area contributed by atoms with Crippen molar-refractivity contribution in [2.45, 2.75) is 17.9 Å². The van der Waals surface area contributed by atoms with Gasteiger partial charge in [0, 0.05) is 17.9 Å². The van der Waals surface area contributed by atoms with Crippen LogP contribution in [0.15, 0.2) is 120 Å². The normalized spacial score (nSPS) is 19.7. The molecule has 5 heteroatoms. The summed E-state index contributed by atoms with van der Waals surface area (Å²) in [4.78, 5) is 27.2. The molecule has 0 spiro atoms. The zero-order chi connectivity index (χ0) is 23.4. The van der Waals surface area contributed by atoms with Crippen LogP contribution in [0.2, 0.25) is 0 Å². The van der Waals surface area contributed by atoms with Gasteiger partial charge in [-0.15, -0.1) is 0 Å². The van der Waals surface area contributed by atoms with E-state index >= 15 is 0 Å². The molecule has 0 unspecified atom stereocenters. The van der Waals surface area contributed by atoms with Gasteiger partial charge in [0.2, 0.25) is 0 Å². The monoisotopic (exact) mass is 449 g/mol. The average molecular weight is 450 g/mol. The summed E-state index contributed by atoms with van der Waals surface area (Å²) in [5, 5.41) is 3.07. The summed E-state index contributed by atoms with van der Waals surface area (Å²) in [5.41, 5.74) is 0.887.